The zero-order valence-electron chi connectivity index (χ0n) is 11.5. The number of nitrogens with one attached hydrogen (secondary N) is 1. The van der Waals surface area contributed by atoms with E-state index in [1.54, 1.807) is 7.11 Å². The summed E-state index contributed by atoms with van der Waals surface area (Å²) in [5.74, 6) is 1.39. The summed E-state index contributed by atoms with van der Waals surface area (Å²) in [5.41, 5.74) is 10.1. The van der Waals surface area contributed by atoms with Crippen molar-refractivity contribution in [3.63, 3.8) is 0 Å². The third-order valence-corrected chi connectivity index (χ3v) is 3.11. The Bertz CT molecular complexity index is 582. The number of rotatable bonds is 4. The van der Waals surface area contributed by atoms with Crippen molar-refractivity contribution >= 4 is 11.5 Å². The number of hydrogen-bond donors (Lipinski definition) is 2. The molecule has 1 aromatic heterocycles. The summed E-state index contributed by atoms with van der Waals surface area (Å²) in [6.45, 7) is 4.60. The maximum Gasteiger partial charge on any atom is 0.214 e. The van der Waals surface area contributed by atoms with Crippen LogP contribution < -0.4 is 15.8 Å². The Morgan fingerprint density at radius 2 is 1.89 bits per heavy atom. The van der Waals surface area contributed by atoms with Crippen molar-refractivity contribution in [2.24, 2.45) is 5.73 Å². The molecule has 4 nitrogen and oxygen atoms in total. The zero-order chi connectivity index (χ0) is 13.8. The summed E-state index contributed by atoms with van der Waals surface area (Å²) >= 11 is 0. The zero-order valence-corrected chi connectivity index (χ0v) is 11.5. The lowest BCUT2D eigenvalue weighted by Crippen LogP contribution is -2.02. The summed E-state index contributed by atoms with van der Waals surface area (Å²) in [6, 6.07) is 9.96. The highest BCUT2D eigenvalue weighted by Crippen LogP contribution is 2.23. The first-order valence-electron chi connectivity index (χ1n) is 6.22. The number of hydrogen-bond acceptors (Lipinski definition) is 4. The molecule has 1 heterocycles. The fourth-order valence-corrected chi connectivity index (χ4v) is 1.86. The second-order valence-electron chi connectivity index (χ2n) is 4.49. The Balaban J connectivity index is 2.30. The molecule has 0 radical (unpaired) electrons. The number of aromatic nitrogens is 1. The number of pyridine rings is 1. The summed E-state index contributed by atoms with van der Waals surface area (Å²) in [7, 11) is 1.61. The molecule has 0 saturated carbocycles. The molecule has 0 aliphatic heterocycles. The van der Waals surface area contributed by atoms with E-state index in [1.165, 1.54) is 5.56 Å². The molecule has 0 aliphatic carbocycles. The van der Waals surface area contributed by atoms with Crippen LogP contribution in [0.25, 0.3) is 0 Å². The fraction of sp³-hybridized carbons (Fsp3) is 0.267. The van der Waals surface area contributed by atoms with Gasteiger partial charge in [-0.15, -0.1) is 0 Å². The van der Waals surface area contributed by atoms with Gasteiger partial charge in [0.1, 0.15) is 5.82 Å². The van der Waals surface area contributed by atoms with Crippen LogP contribution in [-0.4, -0.2) is 12.1 Å². The maximum absolute atomic E-state index is 5.73. The van der Waals surface area contributed by atoms with Gasteiger partial charge in [0, 0.05) is 18.3 Å². The van der Waals surface area contributed by atoms with Gasteiger partial charge in [-0.2, -0.15) is 4.98 Å². The highest BCUT2D eigenvalue weighted by molar-refractivity contribution is 5.61. The van der Waals surface area contributed by atoms with Crippen LogP contribution in [0.3, 0.4) is 0 Å². The number of nitrogens with two attached hydrogens (primary N) is 1. The molecule has 0 aliphatic rings. The van der Waals surface area contributed by atoms with Gasteiger partial charge in [0.25, 0.3) is 0 Å². The average Bonchev–Trinajstić information content (AvgIpc) is 2.43. The highest BCUT2D eigenvalue weighted by atomic mass is 16.5. The maximum atomic E-state index is 5.73. The lowest BCUT2D eigenvalue weighted by molar-refractivity contribution is 0.398. The van der Waals surface area contributed by atoms with Gasteiger partial charge in [0.15, 0.2) is 0 Å². The van der Waals surface area contributed by atoms with E-state index >= 15 is 0 Å². The fourth-order valence-electron chi connectivity index (χ4n) is 1.86. The second-order valence-corrected chi connectivity index (χ2v) is 4.49. The molecular weight excluding hydrogens is 238 g/mol. The molecule has 3 N–H and O–H groups in total. The van der Waals surface area contributed by atoms with Crippen LogP contribution in [-0.2, 0) is 6.54 Å². The third kappa shape index (κ3) is 3.03. The van der Waals surface area contributed by atoms with Crippen LogP contribution in [0.15, 0.2) is 30.3 Å². The minimum Gasteiger partial charge on any atom is -0.481 e. The molecule has 0 spiro atoms. The molecule has 0 amide bonds. The molecule has 2 rings (SSSR count). The van der Waals surface area contributed by atoms with Crippen LogP contribution in [0.4, 0.5) is 11.5 Å². The number of methoxy groups -OCH3 is 1. The number of benzene rings is 1. The average molecular weight is 257 g/mol. The van der Waals surface area contributed by atoms with Crippen molar-refractivity contribution in [2.75, 3.05) is 12.4 Å². The van der Waals surface area contributed by atoms with Gasteiger partial charge in [-0.25, -0.2) is 0 Å². The molecule has 2 aromatic rings. The van der Waals surface area contributed by atoms with E-state index in [0.717, 1.165) is 22.6 Å². The minimum absolute atomic E-state index is 0.534. The summed E-state index contributed by atoms with van der Waals surface area (Å²) in [4.78, 5) is 4.40. The van der Waals surface area contributed by atoms with Crippen molar-refractivity contribution in [3.05, 3.63) is 47.0 Å². The number of ether oxygens (including phenoxy) is 1. The van der Waals surface area contributed by atoms with Gasteiger partial charge in [-0.3, -0.25) is 0 Å². The molecule has 0 fully saturated rings. The van der Waals surface area contributed by atoms with Gasteiger partial charge in [0.2, 0.25) is 5.88 Å². The molecule has 0 atom stereocenters. The van der Waals surface area contributed by atoms with Crippen LogP contribution in [0.5, 0.6) is 5.88 Å². The van der Waals surface area contributed by atoms with E-state index < -0.39 is 0 Å². The molecule has 1 aromatic carbocycles. The van der Waals surface area contributed by atoms with E-state index in [1.807, 2.05) is 25.1 Å². The van der Waals surface area contributed by atoms with E-state index in [0.29, 0.717) is 12.4 Å². The first kappa shape index (κ1) is 13.4. The SMILES string of the molecule is COc1ccc(C)c(Nc2ccc(C)c(CN)c2)n1. The predicted molar refractivity (Wildman–Crippen MR) is 77.9 cm³/mol. The third-order valence-electron chi connectivity index (χ3n) is 3.11. The van der Waals surface area contributed by atoms with Crippen molar-refractivity contribution in [2.45, 2.75) is 20.4 Å². The number of aryl methyl sites for hydroxylation is 2. The molecule has 0 saturated heterocycles. The summed E-state index contributed by atoms with van der Waals surface area (Å²) in [5, 5.41) is 3.30. The van der Waals surface area contributed by atoms with Gasteiger partial charge in [-0.1, -0.05) is 12.1 Å². The Hall–Kier alpha value is -2.07. The predicted octanol–water partition coefficient (Wildman–Crippen LogP) is 2.91. The summed E-state index contributed by atoms with van der Waals surface area (Å²) < 4.78 is 5.14. The first-order valence-corrected chi connectivity index (χ1v) is 6.22. The smallest absolute Gasteiger partial charge is 0.214 e. The lowest BCUT2D eigenvalue weighted by Gasteiger charge is -2.12. The topological polar surface area (TPSA) is 60.2 Å². The van der Waals surface area contributed by atoms with Crippen molar-refractivity contribution in [1.82, 2.24) is 4.98 Å². The van der Waals surface area contributed by atoms with Gasteiger partial charge in [-0.05, 0) is 42.7 Å². The van der Waals surface area contributed by atoms with Crippen molar-refractivity contribution in [3.8, 4) is 5.88 Å². The molecule has 0 unspecified atom stereocenters. The van der Waals surface area contributed by atoms with E-state index in [-0.39, 0.29) is 0 Å². The monoisotopic (exact) mass is 257 g/mol. The Labute approximate surface area is 113 Å². The molecular formula is C15H19N3O. The Kier molecular flexibility index (Phi) is 4.02. The largest absolute Gasteiger partial charge is 0.481 e. The molecule has 19 heavy (non-hydrogen) atoms. The van der Waals surface area contributed by atoms with Crippen LogP contribution in [0, 0.1) is 13.8 Å². The van der Waals surface area contributed by atoms with E-state index in [4.69, 9.17) is 10.5 Å². The van der Waals surface area contributed by atoms with Gasteiger partial charge in [0.05, 0.1) is 7.11 Å². The number of nitrogens with zero attached hydrogens (tertiary/aromatic N) is 1. The summed E-state index contributed by atoms with van der Waals surface area (Å²) in [6.07, 6.45) is 0. The van der Waals surface area contributed by atoms with Gasteiger partial charge >= 0.3 is 0 Å². The van der Waals surface area contributed by atoms with E-state index in [2.05, 4.69) is 29.4 Å². The first-order chi connectivity index (χ1) is 9.13. The van der Waals surface area contributed by atoms with Gasteiger partial charge < -0.3 is 15.8 Å². The molecule has 0 bridgehead atoms. The van der Waals surface area contributed by atoms with Crippen molar-refractivity contribution in [1.29, 1.82) is 0 Å². The molecule has 100 valence electrons. The van der Waals surface area contributed by atoms with Crippen LogP contribution in [0.1, 0.15) is 16.7 Å². The Morgan fingerprint density at radius 1 is 1.16 bits per heavy atom. The lowest BCUT2D eigenvalue weighted by atomic mass is 10.1. The number of anilines is 2. The normalized spacial score (nSPS) is 10.3. The van der Waals surface area contributed by atoms with Crippen LogP contribution >= 0.6 is 0 Å². The van der Waals surface area contributed by atoms with Crippen molar-refractivity contribution < 1.29 is 4.74 Å². The molecule has 4 heteroatoms. The second kappa shape index (κ2) is 5.71. The quantitative estimate of drug-likeness (QED) is 0.884. The van der Waals surface area contributed by atoms with E-state index in [9.17, 15) is 0 Å². The highest BCUT2D eigenvalue weighted by Gasteiger charge is 2.04. The minimum atomic E-state index is 0.534. The van der Waals surface area contributed by atoms with Crippen LogP contribution in [0.2, 0.25) is 0 Å². The standard InChI is InChI=1S/C15H19N3O/c1-10-4-6-13(8-12(10)9-16)17-15-11(2)5-7-14(18-15)19-3/h4-8H,9,16H2,1-3H3,(H,17,18). The Morgan fingerprint density at radius 3 is 2.58 bits per heavy atom.